The molecule has 1 aromatic rings. The molecule has 4 nitrogen and oxygen atoms in total. The van der Waals surface area contributed by atoms with Crippen LogP contribution >= 0.6 is 11.6 Å². The van der Waals surface area contributed by atoms with Crippen LogP contribution in [0.15, 0.2) is 18.2 Å². The molecule has 1 fully saturated rings. The molecule has 0 aromatic heterocycles. The topological polar surface area (TPSA) is 55.6 Å². The maximum atomic E-state index is 13.0. The monoisotopic (exact) mass is 314 g/mol. The van der Waals surface area contributed by atoms with Gasteiger partial charge >= 0.3 is 0 Å². The minimum Gasteiger partial charge on any atom is -0.479 e. The van der Waals surface area contributed by atoms with Crippen LogP contribution in [-0.4, -0.2) is 36.5 Å². The van der Waals surface area contributed by atoms with Crippen molar-refractivity contribution in [1.82, 2.24) is 4.90 Å². The van der Waals surface area contributed by atoms with Crippen molar-refractivity contribution in [1.29, 1.82) is 0 Å². The predicted octanol–water partition coefficient (Wildman–Crippen LogP) is 2.44. The maximum Gasteiger partial charge on any atom is 0.263 e. The normalized spacial score (nSPS) is 17.6. The van der Waals surface area contributed by atoms with Gasteiger partial charge in [0, 0.05) is 13.1 Å². The van der Waals surface area contributed by atoms with Crippen LogP contribution in [0.5, 0.6) is 5.75 Å². The number of piperidine rings is 1. The third-order valence-corrected chi connectivity index (χ3v) is 4.10. The highest BCUT2D eigenvalue weighted by Gasteiger charge is 2.26. The smallest absolute Gasteiger partial charge is 0.263 e. The van der Waals surface area contributed by atoms with E-state index in [-0.39, 0.29) is 10.9 Å². The van der Waals surface area contributed by atoms with E-state index in [0.717, 1.165) is 12.8 Å². The van der Waals surface area contributed by atoms with E-state index in [2.05, 4.69) is 0 Å². The molecule has 1 aliphatic rings. The van der Waals surface area contributed by atoms with Gasteiger partial charge in [-0.15, -0.1) is 0 Å². The molecule has 21 heavy (non-hydrogen) atoms. The van der Waals surface area contributed by atoms with Crippen LogP contribution in [0.25, 0.3) is 0 Å². The second kappa shape index (κ2) is 7.09. The molecule has 0 bridgehead atoms. The Morgan fingerprint density at radius 1 is 1.52 bits per heavy atom. The average Bonchev–Trinajstić information content (AvgIpc) is 2.49. The molecular formula is C15H20ClFN2O2. The molecular weight excluding hydrogens is 295 g/mol. The summed E-state index contributed by atoms with van der Waals surface area (Å²) in [7, 11) is 0. The van der Waals surface area contributed by atoms with E-state index in [4.69, 9.17) is 22.1 Å². The van der Waals surface area contributed by atoms with Gasteiger partial charge in [0.15, 0.2) is 6.10 Å². The Hall–Kier alpha value is -1.33. The summed E-state index contributed by atoms with van der Waals surface area (Å²) in [6, 6.07) is 3.86. The first-order valence-electron chi connectivity index (χ1n) is 7.12. The number of nitrogens with two attached hydrogens (primary N) is 1. The van der Waals surface area contributed by atoms with Crippen LogP contribution in [0.4, 0.5) is 4.39 Å². The van der Waals surface area contributed by atoms with Crippen LogP contribution in [0.3, 0.4) is 0 Å². The zero-order valence-corrected chi connectivity index (χ0v) is 12.8. The van der Waals surface area contributed by atoms with Crippen molar-refractivity contribution in [2.45, 2.75) is 25.9 Å². The zero-order chi connectivity index (χ0) is 15.4. The van der Waals surface area contributed by atoms with E-state index in [0.29, 0.717) is 31.3 Å². The van der Waals surface area contributed by atoms with Crippen LogP contribution in [-0.2, 0) is 4.79 Å². The van der Waals surface area contributed by atoms with Crippen LogP contribution in [0.1, 0.15) is 19.8 Å². The first-order valence-corrected chi connectivity index (χ1v) is 7.49. The summed E-state index contributed by atoms with van der Waals surface area (Å²) < 4.78 is 18.5. The third-order valence-electron chi connectivity index (χ3n) is 3.80. The predicted molar refractivity (Wildman–Crippen MR) is 79.9 cm³/mol. The lowest BCUT2D eigenvalue weighted by Crippen LogP contribution is -2.45. The van der Waals surface area contributed by atoms with E-state index in [1.165, 1.54) is 18.2 Å². The highest BCUT2D eigenvalue weighted by molar-refractivity contribution is 6.32. The average molecular weight is 315 g/mol. The standard InChI is InChI=1S/C15H20ClFN2O2/c1-10(21-14-3-2-12(17)8-13(14)16)15(20)19-6-4-11(9-18)5-7-19/h2-3,8,10-11H,4-7,9,18H2,1H3/t10-/m0/s1. The first-order chi connectivity index (χ1) is 10.0. The number of rotatable bonds is 4. The van der Waals surface area contributed by atoms with Crippen molar-refractivity contribution in [3.63, 3.8) is 0 Å². The van der Waals surface area contributed by atoms with E-state index in [9.17, 15) is 9.18 Å². The van der Waals surface area contributed by atoms with Gasteiger partial charge < -0.3 is 15.4 Å². The molecule has 1 aromatic carbocycles. The summed E-state index contributed by atoms with van der Waals surface area (Å²) in [5.41, 5.74) is 5.64. The number of nitrogens with zero attached hydrogens (tertiary/aromatic N) is 1. The molecule has 1 saturated heterocycles. The number of likely N-dealkylation sites (tertiary alicyclic amines) is 1. The molecule has 1 amide bonds. The highest BCUT2D eigenvalue weighted by Crippen LogP contribution is 2.26. The summed E-state index contributed by atoms with van der Waals surface area (Å²) >= 11 is 5.90. The Bertz CT molecular complexity index is 504. The fourth-order valence-electron chi connectivity index (χ4n) is 2.46. The molecule has 1 atom stereocenters. The van der Waals surface area contributed by atoms with Crippen molar-refractivity contribution in [2.75, 3.05) is 19.6 Å². The van der Waals surface area contributed by atoms with Gasteiger partial charge in [0.05, 0.1) is 5.02 Å². The molecule has 116 valence electrons. The van der Waals surface area contributed by atoms with Crippen LogP contribution in [0, 0.1) is 11.7 Å². The van der Waals surface area contributed by atoms with Crippen LogP contribution < -0.4 is 10.5 Å². The van der Waals surface area contributed by atoms with Crippen LogP contribution in [0.2, 0.25) is 5.02 Å². The number of halogens is 2. The number of amides is 1. The minimum atomic E-state index is -0.651. The number of ether oxygens (including phenoxy) is 1. The highest BCUT2D eigenvalue weighted by atomic mass is 35.5. The number of carbonyl (C=O) groups excluding carboxylic acids is 1. The molecule has 0 unspecified atom stereocenters. The molecule has 0 saturated carbocycles. The van der Waals surface area contributed by atoms with E-state index >= 15 is 0 Å². The molecule has 2 rings (SSSR count). The third kappa shape index (κ3) is 4.08. The van der Waals surface area contributed by atoms with Gasteiger partial charge in [-0.25, -0.2) is 4.39 Å². The van der Waals surface area contributed by atoms with Crippen molar-refractivity contribution >= 4 is 17.5 Å². The SMILES string of the molecule is C[C@H](Oc1ccc(F)cc1Cl)C(=O)N1CCC(CN)CC1. The fourth-order valence-corrected chi connectivity index (χ4v) is 2.67. The molecule has 1 aliphatic heterocycles. The lowest BCUT2D eigenvalue weighted by Gasteiger charge is -2.33. The summed E-state index contributed by atoms with van der Waals surface area (Å²) in [4.78, 5) is 14.1. The lowest BCUT2D eigenvalue weighted by molar-refractivity contribution is -0.139. The Labute approximate surface area is 129 Å². The molecule has 1 heterocycles. The van der Waals surface area contributed by atoms with Gasteiger partial charge in [0.1, 0.15) is 11.6 Å². The van der Waals surface area contributed by atoms with Gasteiger partial charge in [-0.3, -0.25) is 4.79 Å². The van der Waals surface area contributed by atoms with Gasteiger partial charge in [-0.2, -0.15) is 0 Å². The number of hydrogen-bond donors (Lipinski definition) is 1. The van der Waals surface area contributed by atoms with Crippen molar-refractivity contribution in [3.8, 4) is 5.75 Å². The van der Waals surface area contributed by atoms with E-state index in [1.807, 2.05) is 0 Å². The van der Waals surface area contributed by atoms with Gasteiger partial charge in [-0.05, 0) is 50.4 Å². The quantitative estimate of drug-likeness (QED) is 0.928. The van der Waals surface area contributed by atoms with Crippen molar-refractivity contribution in [2.24, 2.45) is 11.7 Å². The summed E-state index contributed by atoms with van der Waals surface area (Å²) in [5, 5.41) is 0.163. The van der Waals surface area contributed by atoms with E-state index < -0.39 is 11.9 Å². The summed E-state index contributed by atoms with van der Waals surface area (Å²) in [6.45, 7) is 3.74. The molecule has 0 radical (unpaired) electrons. The van der Waals surface area contributed by atoms with E-state index in [1.54, 1.807) is 11.8 Å². The largest absolute Gasteiger partial charge is 0.479 e. The number of hydrogen-bond acceptors (Lipinski definition) is 3. The van der Waals surface area contributed by atoms with Gasteiger partial charge in [0.25, 0.3) is 5.91 Å². The second-order valence-electron chi connectivity index (χ2n) is 5.34. The van der Waals surface area contributed by atoms with Crippen molar-refractivity contribution < 1.29 is 13.9 Å². The molecule has 2 N–H and O–H groups in total. The molecule has 0 spiro atoms. The molecule has 0 aliphatic carbocycles. The Balaban J connectivity index is 1.93. The Morgan fingerprint density at radius 2 is 2.19 bits per heavy atom. The first kappa shape index (κ1) is 16.0. The minimum absolute atomic E-state index is 0.0779. The molecule has 6 heteroatoms. The Kier molecular flexibility index (Phi) is 5.42. The summed E-state index contributed by atoms with van der Waals surface area (Å²) in [6.07, 6.45) is 1.20. The van der Waals surface area contributed by atoms with Crippen molar-refractivity contribution in [3.05, 3.63) is 29.0 Å². The lowest BCUT2D eigenvalue weighted by atomic mass is 9.97. The number of benzene rings is 1. The number of carbonyl (C=O) groups is 1. The fraction of sp³-hybridized carbons (Fsp3) is 0.533. The maximum absolute atomic E-state index is 13.0. The Morgan fingerprint density at radius 3 is 2.76 bits per heavy atom. The van der Waals surface area contributed by atoms with Gasteiger partial charge in [-0.1, -0.05) is 11.6 Å². The van der Waals surface area contributed by atoms with Gasteiger partial charge in [0.2, 0.25) is 0 Å². The second-order valence-corrected chi connectivity index (χ2v) is 5.75. The summed E-state index contributed by atoms with van der Waals surface area (Å²) in [5.74, 6) is 0.300. The zero-order valence-electron chi connectivity index (χ0n) is 12.0.